The predicted octanol–water partition coefficient (Wildman–Crippen LogP) is 2.07. The molecular formula is C21H27N3O6S. The van der Waals surface area contributed by atoms with Crippen LogP contribution in [-0.2, 0) is 21.4 Å². The number of sulfonamides is 1. The van der Waals surface area contributed by atoms with E-state index in [0.717, 1.165) is 30.3 Å². The number of anilines is 1. The van der Waals surface area contributed by atoms with E-state index in [1.165, 1.54) is 36.9 Å². The molecule has 2 heterocycles. The maximum absolute atomic E-state index is 13.0. The van der Waals surface area contributed by atoms with Crippen LogP contribution in [0.2, 0.25) is 0 Å². The van der Waals surface area contributed by atoms with Crippen LogP contribution in [0.25, 0.3) is 0 Å². The molecule has 0 atom stereocenters. The summed E-state index contributed by atoms with van der Waals surface area (Å²) in [5, 5.41) is 2.68. The summed E-state index contributed by atoms with van der Waals surface area (Å²) in [6.45, 7) is 0.476. The first-order valence-corrected chi connectivity index (χ1v) is 11.5. The van der Waals surface area contributed by atoms with Gasteiger partial charge in [-0.05, 0) is 37.1 Å². The number of carbonyl (C=O) groups excluding carboxylic acids is 1. The van der Waals surface area contributed by atoms with Crippen molar-refractivity contribution in [3.8, 4) is 11.5 Å². The van der Waals surface area contributed by atoms with Crippen molar-refractivity contribution in [1.29, 1.82) is 0 Å². The lowest BCUT2D eigenvalue weighted by Gasteiger charge is -2.20. The molecular weight excluding hydrogens is 422 g/mol. The van der Waals surface area contributed by atoms with E-state index in [2.05, 4.69) is 5.32 Å². The predicted molar refractivity (Wildman–Crippen MR) is 116 cm³/mol. The number of pyridine rings is 1. The minimum Gasteiger partial charge on any atom is -0.493 e. The molecule has 1 saturated heterocycles. The zero-order chi connectivity index (χ0) is 22.4. The summed E-state index contributed by atoms with van der Waals surface area (Å²) in [7, 11) is -0.918. The van der Waals surface area contributed by atoms with Crippen LogP contribution in [0.1, 0.15) is 25.7 Å². The fourth-order valence-corrected chi connectivity index (χ4v) is 5.13. The Balaban J connectivity index is 1.78. The molecule has 0 bridgehead atoms. The molecule has 0 spiro atoms. The lowest BCUT2D eigenvalue weighted by molar-refractivity contribution is -0.116. The van der Waals surface area contributed by atoms with Gasteiger partial charge in [-0.1, -0.05) is 12.8 Å². The summed E-state index contributed by atoms with van der Waals surface area (Å²) in [5.74, 6) is 0.491. The smallest absolute Gasteiger partial charge is 0.271 e. The van der Waals surface area contributed by atoms with Crippen LogP contribution in [0, 0.1) is 0 Å². The first-order valence-electron chi connectivity index (χ1n) is 10.1. The van der Waals surface area contributed by atoms with Crippen molar-refractivity contribution in [3.05, 3.63) is 46.9 Å². The SMILES string of the molecule is COc1ccc(NC(=O)Cn2cccc(S(=O)(=O)N3CCCCCC3)c2=O)cc1OC. The fraction of sp³-hybridized carbons (Fsp3) is 0.429. The third kappa shape index (κ3) is 5.26. The molecule has 2 aromatic rings. The van der Waals surface area contributed by atoms with Gasteiger partial charge in [-0.15, -0.1) is 0 Å². The van der Waals surface area contributed by atoms with Gasteiger partial charge in [0.05, 0.1) is 14.2 Å². The number of aromatic nitrogens is 1. The van der Waals surface area contributed by atoms with Crippen molar-refractivity contribution < 1.29 is 22.7 Å². The Morgan fingerprint density at radius 2 is 1.71 bits per heavy atom. The van der Waals surface area contributed by atoms with Gasteiger partial charge in [-0.25, -0.2) is 8.42 Å². The summed E-state index contributed by atoms with van der Waals surface area (Å²) >= 11 is 0. The number of hydrogen-bond acceptors (Lipinski definition) is 6. The Bertz CT molecular complexity index is 1090. The molecule has 1 fully saturated rings. The van der Waals surface area contributed by atoms with E-state index in [1.807, 2.05) is 0 Å². The quantitative estimate of drug-likeness (QED) is 0.694. The standard InChI is InChI=1S/C21H27N3O6S/c1-29-17-10-9-16(14-18(17)30-2)22-20(25)15-23-11-7-8-19(21(23)26)31(27,28)24-12-5-3-4-6-13-24/h7-11,14H,3-6,12-13,15H2,1-2H3,(H,22,25). The molecule has 1 aromatic carbocycles. The van der Waals surface area contributed by atoms with E-state index in [-0.39, 0.29) is 11.4 Å². The highest BCUT2D eigenvalue weighted by molar-refractivity contribution is 7.89. The van der Waals surface area contributed by atoms with Crippen molar-refractivity contribution in [1.82, 2.24) is 8.87 Å². The third-order valence-electron chi connectivity index (χ3n) is 5.15. The van der Waals surface area contributed by atoms with Crippen LogP contribution in [-0.4, -0.2) is 50.5 Å². The molecule has 1 aliphatic rings. The Hall–Kier alpha value is -2.85. The summed E-state index contributed by atoms with van der Waals surface area (Å²) in [6.07, 6.45) is 4.89. The van der Waals surface area contributed by atoms with E-state index in [1.54, 1.807) is 18.2 Å². The monoisotopic (exact) mass is 449 g/mol. The van der Waals surface area contributed by atoms with Gasteiger partial charge in [-0.3, -0.25) is 9.59 Å². The summed E-state index contributed by atoms with van der Waals surface area (Å²) < 4.78 is 38.9. The Kier molecular flexibility index (Phi) is 7.34. The van der Waals surface area contributed by atoms with Crippen molar-refractivity contribution in [2.24, 2.45) is 0 Å². The second-order valence-electron chi connectivity index (χ2n) is 7.24. The lowest BCUT2D eigenvalue weighted by atomic mass is 10.2. The number of carbonyl (C=O) groups is 1. The highest BCUT2D eigenvalue weighted by Crippen LogP contribution is 2.29. The van der Waals surface area contributed by atoms with E-state index in [9.17, 15) is 18.0 Å². The van der Waals surface area contributed by atoms with E-state index >= 15 is 0 Å². The number of nitrogens with zero attached hydrogens (tertiary/aromatic N) is 2. The summed E-state index contributed by atoms with van der Waals surface area (Å²) in [4.78, 5) is 25.0. The number of nitrogens with one attached hydrogen (secondary N) is 1. The highest BCUT2D eigenvalue weighted by atomic mass is 32.2. The third-order valence-corrected chi connectivity index (χ3v) is 7.06. The van der Waals surface area contributed by atoms with Crippen LogP contribution in [0.4, 0.5) is 5.69 Å². The fourth-order valence-electron chi connectivity index (χ4n) is 3.53. The van der Waals surface area contributed by atoms with Crippen molar-refractivity contribution in [3.63, 3.8) is 0 Å². The van der Waals surface area contributed by atoms with Crippen molar-refractivity contribution in [2.45, 2.75) is 37.1 Å². The van der Waals surface area contributed by atoms with Gasteiger partial charge in [0, 0.05) is 31.0 Å². The van der Waals surface area contributed by atoms with E-state index < -0.39 is 21.5 Å². The number of amides is 1. The first kappa shape index (κ1) is 22.8. The van der Waals surface area contributed by atoms with Crippen LogP contribution < -0.4 is 20.3 Å². The number of methoxy groups -OCH3 is 2. The van der Waals surface area contributed by atoms with Crippen molar-refractivity contribution in [2.75, 3.05) is 32.6 Å². The first-order chi connectivity index (χ1) is 14.9. The van der Waals surface area contributed by atoms with Gasteiger partial charge in [0.1, 0.15) is 11.4 Å². The number of hydrogen-bond donors (Lipinski definition) is 1. The second-order valence-corrected chi connectivity index (χ2v) is 9.15. The lowest BCUT2D eigenvalue weighted by Crippen LogP contribution is -2.37. The van der Waals surface area contributed by atoms with Crippen LogP contribution >= 0.6 is 0 Å². The number of rotatable bonds is 7. The molecule has 1 amide bonds. The van der Waals surface area contributed by atoms with Gasteiger partial charge in [-0.2, -0.15) is 4.31 Å². The summed E-state index contributed by atoms with van der Waals surface area (Å²) in [6, 6.07) is 7.65. The van der Waals surface area contributed by atoms with Gasteiger partial charge in [0.25, 0.3) is 5.56 Å². The Morgan fingerprint density at radius 1 is 1.03 bits per heavy atom. The average molecular weight is 450 g/mol. The molecule has 0 unspecified atom stereocenters. The van der Waals surface area contributed by atoms with Crippen LogP contribution in [0.5, 0.6) is 11.5 Å². The molecule has 1 N–H and O–H groups in total. The van der Waals surface area contributed by atoms with Gasteiger partial charge in [0.2, 0.25) is 15.9 Å². The van der Waals surface area contributed by atoms with Crippen LogP contribution in [0.3, 0.4) is 0 Å². The Labute approximate surface area is 181 Å². The minimum atomic E-state index is -3.91. The largest absolute Gasteiger partial charge is 0.493 e. The zero-order valence-electron chi connectivity index (χ0n) is 17.7. The maximum atomic E-state index is 13.0. The molecule has 31 heavy (non-hydrogen) atoms. The van der Waals surface area contributed by atoms with Crippen LogP contribution in [0.15, 0.2) is 46.2 Å². The normalized spacial score (nSPS) is 15.2. The van der Waals surface area contributed by atoms with Gasteiger partial charge >= 0.3 is 0 Å². The molecule has 168 valence electrons. The number of ether oxygens (including phenoxy) is 2. The molecule has 0 radical (unpaired) electrons. The van der Waals surface area contributed by atoms with E-state index in [0.29, 0.717) is 30.3 Å². The second kappa shape index (κ2) is 9.97. The molecule has 1 aromatic heterocycles. The van der Waals surface area contributed by atoms with Gasteiger partial charge < -0.3 is 19.4 Å². The van der Waals surface area contributed by atoms with E-state index in [4.69, 9.17) is 9.47 Å². The Morgan fingerprint density at radius 3 is 2.35 bits per heavy atom. The molecule has 1 aliphatic heterocycles. The molecule has 0 aliphatic carbocycles. The molecule has 3 rings (SSSR count). The topological polar surface area (TPSA) is 107 Å². The molecule has 9 nitrogen and oxygen atoms in total. The van der Waals surface area contributed by atoms with Gasteiger partial charge in [0.15, 0.2) is 11.5 Å². The number of benzene rings is 1. The molecule has 10 heteroatoms. The zero-order valence-corrected chi connectivity index (χ0v) is 18.5. The highest BCUT2D eigenvalue weighted by Gasteiger charge is 2.28. The van der Waals surface area contributed by atoms with Crippen molar-refractivity contribution >= 4 is 21.6 Å². The molecule has 0 saturated carbocycles. The average Bonchev–Trinajstić information content (AvgIpc) is 3.05. The summed E-state index contributed by atoms with van der Waals surface area (Å²) in [5.41, 5.74) is -0.252. The maximum Gasteiger partial charge on any atom is 0.271 e. The minimum absolute atomic E-state index is 0.309.